The van der Waals surface area contributed by atoms with Crippen LogP contribution in [-0.4, -0.2) is 13.1 Å². The Hall–Kier alpha value is -1.31. The summed E-state index contributed by atoms with van der Waals surface area (Å²) >= 11 is 0. The monoisotopic (exact) mass is 248 g/mol. The number of hydrogen-bond donors (Lipinski definition) is 0. The molecule has 0 spiro atoms. The van der Waals surface area contributed by atoms with Gasteiger partial charge < -0.3 is 4.74 Å². The Bertz CT molecular complexity index is 379. The van der Waals surface area contributed by atoms with E-state index in [4.69, 9.17) is 4.74 Å². The molecule has 100 valence electrons. The third kappa shape index (κ3) is 3.34. The van der Waals surface area contributed by atoms with Gasteiger partial charge in [-0.15, -0.1) is 0 Å². The summed E-state index contributed by atoms with van der Waals surface area (Å²) in [6.07, 6.45) is 1.13. The van der Waals surface area contributed by atoms with Crippen molar-refractivity contribution in [1.29, 1.82) is 0 Å². The van der Waals surface area contributed by atoms with Crippen LogP contribution in [0.2, 0.25) is 0 Å². The third-order valence-corrected chi connectivity index (χ3v) is 3.60. The van der Waals surface area contributed by atoms with E-state index in [2.05, 4.69) is 38.1 Å². The largest absolute Gasteiger partial charge is 0.469 e. The molecule has 1 aromatic carbocycles. The van der Waals surface area contributed by atoms with Gasteiger partial charge in [-0.2, -0.15) is 0 Å². The number of carbonyl (C=O) groups is 1. The Balaban J connectivity index is 2.97. The van der Waals surface area contributed by atoms with Crippen molar-refractivity contribution in [3.8, 4) is 0 Å². The molecule has 1 aromatic rings. The van der Waals surface area contributed by atoms with Gasteiger partial charge in [-0.3, -0.25) is 4.79 Å². The smallest absolute Gasteiger partial charge is 0.313 e. The predicted molar refractivity (Wildman–Crippen MR) is 74.7 cm³/mol. The lowest BCUT2D eigenvalue weighted by molar-refractivity contribution is -0.143. The Morgan fingerprint density at radius 2 is 1.61 bits per heavy atom. The Morgan fingerprint density at radius 3 is 2.00 bits per heavy atom. The van der Waals surface area contributed by atoms with Crippen molar-refractivity contribution in [1.82, 2.24) is 0 Å². The van der Waals surface area contributed by atoms with E-state index in [1.54, 1.807) is 0 Å². The third-order valence-electron chi connectivity index (χ3n) is 3.60. The summed E-state index contributed by atoms with van der Waals surface area (Å²) in [6, 6.07) is 8.37. The van der Waals surface area contributed by atoms with Crippen molar-refractivity contribution < 1.29 is 9.53 Å². The second-order valence-electron chi connectivity index (χ2n) is 5.22. The molecule has 0 aliphatic heterocycles. The number of carbonyl (C=O) groups excluding carboxylic acids is 1. The number of hydrogen-bond acceptors (Lipinski definition) is 2. The van der Waals surface area contributed by atoms with E-state index < -0.39 is 0 Å². The molecule has 0 saturated heterocycles. The number of methoxy groups -OCH3 is 1. The SMILES string of the molecule is CCC(C)c1ccc(C(C(=O)OC)C(C)C)cc1. The molecule has 2 atom stereocenters. The van der Waals surface area contributed by atoms with Crippen LogP contribution < -0.4 is 0 Å². The highest BCUT2D eigenvalue weighted by Gasteiger charge is 2.24. The average Bonchev–Trinajstić information content (AvgIpc) is 2.38. The van der Waals surface area contributed by atoms with E-state index in [9.17, 15) is 4.79 Å². The number of ether oxygens (including phenoxy) is 1. The second kappa shape index (κ2) is 6.58. The van der Waals surface area contributed by atoms with Crippen LogP contribution in [0.1, 0.15) is 57.1 Å². The molecule has 0 radical (unpaired) electrons. The molecule has 0 aliphatic carbocycles. The summed E-state index contributed by atoms with van der Waals surface area (Å²) in [5, 5.41) is 0. The topological polar surface area (TPSA) is 26.3 Å². The van der Waals surface area contributed by atoms with Gasteiger partial charge in [-0.1, -0.05) is 52.0 Å². The Morgan fingerprint density at radius 1 is 1.11 bits per heavy atom. The zero-order valence-electron chi connectivity index (χ0n) is 12.1. The quantitative estimate of drug-likeness (QED) is 0.733. The van der Waals surface area contributed by atoms with Crippen molar-refractivity contribution in [2.75, 3.05) is 7.11 Å². The van der Waals surface area contributed by atoms with E-state index in [0.29, 0.717) is 5.92 Å². The molecular weight excluding hydrogens is 224 g/mol. The molecule has 0 heterocycles. The van der Waals surface area contributed by atoms with E-state index in [1.165, 1.54) is 12.7 Å². The van der Waals surface area contributed by atoms with Gasteiger partial charge in [0.15, 0.2) is 0 Å². The number of rotatable bonds is 5. The van der Waals surface area contributed by atoms with Crippen LogP contribution in [-0.2, 0) is 9.53 Å². The average molecular weight is 248 g/mol. The minimum absolute atomic E-state index is 0.152. The van der Waals surface area contributed by atoms with Crippen molar-refractivity contribution in [3.05, 3.63) is 35.4 Å². The van der Waals surface area contributed by atoms with Crippen LogP contribution >= 0.6 is 0 Å². The molecule has 18 heavy (non-hydrogen) atoms. The van der Waals surface area contributed by atoms with E-state index >= 15 is 0 Å². The fourth-order valence-electron chi connectivity index (χ4n) is 2.19. The maximum absolute atomic E-state index is 11.8. The van der Waals surface area contributed by atoms with Gasteiger partial charge >= 0.3 is 5.97 Å². The van der Waals surface area contributed by atoms with Crippen molar-refractivity contribution >= 4 is 5.97 Å². The molecule has 0 aromatic heterocycles. The predicted octanol–water partition coefficient (Wildman–Crippen LogP) is 4.11. The standard InChI is InChI=1S/C16H24O2/c1-6-12(4)13-7-9-14(10-8-13)15(11(2)3)16(17)18-5/h7-12,15H,6H2,1-5H3. The van der Waals surface area contributed by atoms with E-state index in [-0.39, 0.29) is 17.8 Å². The van der Waals surface area contributed by atoms with Crippen molar-refractivity contribution in [3.63, 3.8) is 0 Å². The highest BCUT2D eigenvalue weighted by atomic mass is 16.5. The van der Waals surface area contributed by atoms with Gasteiger partial charge in [0.25, 0.3) is 0 Å². The summed E-state index contributed by atoms with van der Waals surface area (Å²) in [4.78, 5) is 11.8. The van der Waals surface area contributed by atoms with E-state index in [0.717, 1.165) is 12.0 Å². The molecule has 0 aliphatic rings. The first-order valence-electron chi connectivity index (χ1n) is 6.68. The molecule has 1 rings (SSSR count). The van der Waals surface area contributed by atoms with Crippen LogP contribution in [0.4, 0.5) is 0 Å². The zero-order valence-corrected chi connectivity index (χ0v) is 12.1. The molecule has 2 heteroatoms. The van der Waals surface area contributed by atoms with Crippen molar-refractivity contribution in [2.45, 2.75) is 46.0 Å². The fraction of sp³-hybridized carbons (Fsp3) is 0.562. The molecule has 0 bridgehead atoms. The van der Waals surface area contributed by atoms with Crippen molar-refractivity contribution in [2.24, 2.45) is 5.92 Å². The fourth-order valence-corrected chi connectivity index (χ4v) is 2.19. The first-order valence-corrected chi connectivity index (χ1v) is 6.68. The zero-order chi connectivity index (χ0) is 13.7. The minimum atomic E-state index is -0.166. The van der Waals surface area contributed by atoms with Crippen LogP contribution in [0.3, 0.4) is 0 Å². The summed E-state index contributed by atoms with van der Waals surface area (Å²) < 4.78 is 4.89. The van der Waals surface area contributed by atoms with Gasteiger partial charge in [-0.05, 0) is 29.4 Å². The normalized spacial score (nSPS) is 14.3. The summed E-state index contributed by atoms with van der Waals surface area (Å²) in [6.45, 7) is 8.49. The van der Waals surface area contributed by atoms with Crippen LogP contribution in [0.25, 0.3) is 0 Å². The molecule has 0 amide bonds. The lowest BCUT2D eigenvalue weighted by Gasteiger charge is -2.19. The summed E-state index contributed by atoms with van der Waals surface area (Å²) in [7, 11) is 1.45. The molecular formula is C16H24O2. The van der Waals surface area contributed by atoms with Gasteiger partial charge in [0, 0.05) is 0 Å². The summed E-state index contributed by atoms with van der Waals surface area (Å²) in [5.74, 6) is 0.490. The first kappa shape index (κ1) is 14.7. The van der Waals surface area contributed by atoms with Crippen LogP contribution in [0.5, 0.6) is 0 Å². The van der Waals surface area contributed by atoms with Crippen LogP contribution in [0.15, 0.2) is 24.3 Å². The molecule has 0 N–H and O–H groups in total. The van der Waals surface area contributed by atoms with Gasteiger partial charge in [0.2, 0.25) is 0 Å². The van der Waals surface area contributed by atoms with Crippen LogP contribution in [0, 0.1) is 5.92 Å². The van der Waals surface area contributed by atoms with Gasteiger partial charge in [0.05, 0.1) is 13.0 Å². The maximum atomic E-state index is 11.8. The molecule has 0 fully saturated rings. The lowest BCUT2D eigenvalue weighted by atomic mass is 9.87. The van der Waals surface area contributed by atoms with Gasteiger partial charge in [-0.25, -0.2) is 0 Å². The number of esters is 1. The highest BCUT2D eigenvalue weighted by Crippen LogP contribution is 2.27. The first-order chi connectivity index (χ1) is 8.51. The number of benzene rings is 1. The highest BCUT2D eigenvalue weighted by molar-refractivity contribution is 5.78. The molecule has 2 unspecified atom stereocenters. The maximum Gasteiger partial charge on any atom is 0.313 e. The molecule has 2 nitrogen and oxygen atoms in total. The van der Waals surface area contributed by atoms with Gasteiger partial charge in [0.1, 0.15) is 0 Å². The lowest BCUT2D eigenvalue weighted by Crippen LogP contribution is -2.19. The Labute approximate surface area is 110 Å². The molecule has 0 saturated carbocycles. The Kier molecular flexibility index (Phi) is 5.39. The minimum Gasteiger partial charge on any atom is -0.469 e. The second-order valence-corrected chi connectivity index (χ2v) is 5.22. The van der Waals surface area contributed by atoms with E-state index in [1.807, 2.05) is 13.8 Å². The summed E-state index contributed by atoms with van der Waals surface area (Å²) in [5.41, 5.74) is 2.37.